The third-order valence-corrected chi connectivity index (χ3v) is 6.01. The number of amides is 4. The standard InChI is InChI=1S/C13H17N3O2S2/c17-12-14-4-6-16(12)13(18)15-5-3-11(20-9-7-15)10-2-1-8-19-10/h1-2,8,11H,3-7,9H2,(H,14,17)/t11-/m0/s1. The average Bonchev–Trinajstić information content (AvgIpc) is 3.05. The minimum atomic E-state index is -0.262. The Kier molecular flexibility index (Phi) is 4.16. The largest absolute Gasteiger partial charge is 0.336 e. The molecule has 1 aromatic rings. The minimum absolute atomic E-state index is 0.146. The fourth-order valence-corrected chi connectivity index (χ4v) is 4.73. The van der Waals surface area contributed by atoms with Crippen molar-refractivity contribution in [3.63, 3.8) is 0 Å². The Hall–Kier alpha value is -1.21. The Balaban J connectivity index is 1.62. The van der Waals surface area contributed by atoms with Gasteiger partial charge in [-0.15, -0.1) is 11.3 Å². The van der Waals surface area contributed by atoms with Crippen molar-refractivity contribution in [2.45, 2.75) is 11.7 Å². The molecule has 0 saturated carbocycles. The summed E-state index contributed by atoms with van der Waals surface area (Å²) in [6, 6.07) is 3.82. The lowest BCUT2D eigenvalue weighted by atomic mass is 10.2. The molecule has 5 nitrogen and oxygen atoms in total. The summed E-state index contributed by atoms with van der Waals surface area (Å²) in [5.41, 5.74) is 0. The molecule has 3 rings (SSSR count). The van der Waals surface area contributed by atoms with E-state index in [-0.39, 0.29) is 12.1 Å². The molecular formula is C13H17N3O2S2. The zero-order valence-electron chi connectivity index (χ0n) is 11.1. The number of carbonyl (C=O) groups excluding carboxylic acids is 2. The van der Waals surface area contributed by atoms with Crippen molar-refractivity contribution in [3.8, 4) is 0 Å². The molecule has 2 fully saturated rings. The highest BCUT2D eigenvalue weighted by Crippen LogP contribution is 2.36. The van der Waals surface area contributed by atoms with Gasteiger partial charge < -0.3 is 10.2 Å². The van der Waals surface area contributed by atoms with Crippen LogP contribution in [0.2, 0.25) is 0 Å². The first kappa shape index (κ1) is 13.8. The fourth-order valence-electron chi connectivity index (χ4n) is 2.49. The highest BCUT2D eigenvalue weighted by Gasteiger charge is 2.31. The molecule has 4 amide bonds. The maximum Gasteiger partial charge on any atom is 0.328 e. The van der Waals surface area contributed by atoms with Crippen molar-refractivity contribution in [3.05, 3.63) is 22.4 Å². The SMILES string of the molecule is O=C1NCCN1C(=O)N1CCS[C@H](c2cccs2)CC1. The van der Waals surface area contributed by atoms with Crippen LogP contribution in [-0.2, 0) is 0 Å². The molecule has 0 radical (unpaired) electrons. The van der Waals surface area contributed by atoms with Crippen molar-refractivity contribution in [1.82, 2.24) is 15.1 Å². The van der Waals surface area contributed by atoms with Crippen LogP contribution in [0, 0.1) is 0 Å². The van der Waals surface area contributed by atoms with Gasteiger partial charge in [-0.05, 0) is 17.9 Å². The quantitative estimate of drug-likeness (QED) is 0.866. The molecule has 1 atom stereocenters. The maximum absolute atomic E-state index is 12.3. The van der Waals surface area contributed by atoms with E-state index in [1.165, 1.54) is 9.78 Å². The molecular weight excluding hydrogens is 294 g/mol. The smallest absolute Gasteiger partial charge is 0.328 e. The summed E-state index contributed by atoms with van der Waals surface area (Å²) >= 11 is 3.68. The van der Waals surface area contributed by atoms with Crippen LogP contribution in [-0.4, -0.2) is 53.8 Å². The zero-order chi connectivity index (χ0) is 13.9. The second-order valence-corrected chi connectivity index (χ2v) is 7.11. The van der Waals surface area contributed by atoms with Gasteiger partial charge in [-0.2, -0.15) is 11.8 Å². The third kappa shape index (κ3) is 2.78. The molecule has 7 heteroatoms. The molecule has 3 heterocycles. The van der Waals surface area contributed by atoms with Gasteiger partial charge >= 0.3 is 12.1 Å². The van der Waals surface area contributed by atoms with Crippen LogP contribution in [0.3, 0.4) is 0 Å². The molecule has 2 aliphatic heterocycles. The van der Waals surface area contributed by atoms with Crippen LogP contribution < -0.4 is 5.32 Å². The number of thioether (sulfide) groups is 1. The monoisotopic (exact) mass is 311 g/mol. The van der Waals surface area contributed by atoms with Gasteiger partial charge in [-0.1, -0.05) is 6.07 Å². The Morgan fingerprint density at radius 2 is 2.25 bits per heavy atom. The predicted molar refractivity (Wildman–Crippen MR) is 81.2 cm³/mol. The van der Waals surface area contributed by atoms with Crippen molar-refractivity contribution in [2.24, 2.45) is 0 Å². The highest BCUT2D eigenvalue weighted by atomic mass is 32.2. The Labute approximate surface area is 126 Å². The van der Waals surface area contributed by atoms with Crippen molar-refractivity contribution < 1.29 is 9.59 Å². The molecule has 2 saturated heterocycles. The zero-order valence-corrected chi connectivity index (χ0v) is 12.7. The van der Waals surface area contributed by atoms with E-state index in [2.05, 4.69) is 22.8 Å². The third-order valence-electron chi connectivity index (χ3n) is 3.56. The first-order valence-corrected chi connectivity index (χ1v) is 8.68. The second-order valence-electron chi connectivity index (χ2n) is 4.82. The lowest BCUT2D eigenvalue weighted by Crippen LogP contribution is -2.45. The van der Waals surface area contributed by atoms with E-state index in [0.29, 0.717) is 18.3 Å². The topological polar surface area (TPSA) is 52.7 Å². The Morgan fingerprint density at radius 1 is 1.35 bits per heavy atom. The number of nitrogens with one attached hydrogen (secondary N) is 1. The molecule has 1 aromatic heterocycles. The van der Waals surface area contributed by atoms with E-state index >= 15 is 0 Å². The van der Waals surface area contributed by atoms with Crippen molar-refractivity contribution in [2.75, 3.05) is 31.9 Å². The molecule has 108 valence electrons. The van der Waals surface area contributed by atoms with Crippen LogP contribution >= 0.6 is 23.1 Å². The molecule has 0 bridgehead atoms. The van der Waals surface area contributed by atoms with E-state index in [4.69, 9.17) is 0 Å². The van der Waals surface area contributed by atoms with Gasteiger partial charge in [-0.25, -0.2) is 14.5 Å². The van der Waals surface area contributed by atoms with Gasteiger partial charge in [0.1, 0.15) is 0 Å². The van der Waals surface area contributed by atoms with E-state index < -0.39 is 0 Å². The molecule has 0 spiro atoms. The summed E-state index contributed by atoms with van der Waals surface area (Å²) in [7, 11) is 0. The van der Waals surface area contributed by atoms with Crippen molar-refractivity contribution >= 4 is 35.2 Å². The molecule has 2 aliphatic rings. The summed E-state index contributed by atoms with van der Waals surface area (Å²) in [5.74, 6) is 0.920. The highest BCUT2D eigenvalue weighted by molar-refractivity contribution is 7.99. The molecule has 20 heavy (non-hydrogen) atoms. The van der Waals surface area contributed by atoms with Crippen LogP contribution in [0.5, 0.6) is 0 Å². The van der Waals surface area contributed by atoms with Crippen LogP contribution in [0.1, 0.15) is 16.5 Å². The lowest BCUT2D eigenvalue weighted by Gasteiger charge is -2.24. The lowest BCUT2D eigenvalue weighted by molar-refractivity contribution is 0.166. The van der Waals surface area contributed by atoms with E-state index in [0.717, 1.165) is 25.3 Å². The number of urea groups is 2. The van der Waals surface area contributed by atoms with Gasteiger partial charge in [0, 0.05) is 42.1 Å². The number of hydrogen-bond donors (Lipinski definition) is 1. The number of imide groups is 1. The van der Waals surface area contributed by atoms with Gasteiger partial charge in [0.2, 0.25) is 0 Å². The van der Waals surface area contributed by atoms with Gasteiger partial charge in [-0.3, -0.25) is 0 Å². The molecule has 0 aromatic carbocycles. The van der Waals surface area contributed by atoms with Crippen molar-refractivity contribution in [1.29, 1.82) is 0 Å². The summed E-state index contributed by atoms with van der Waals surface area (Å²) in [4.78, 5) is 28.4. The van der Waals surface area contributed by atoms with E-state index in [1.54, 1.807) is 11.3 Å². The Morgan fingerprint density at radius 3 is 2.95 bits per heavy atom. The molecule has 1 N–H and O–H groups in total. The average molecular weight is 311 g/mol. The first-order chi connectivity index (χ1) is 9.75. The summed E-state index contributed by atoms with van der Waals surface area (Å²) in [6.07, 6.45) is 0.951. The predicted octanol–water partition coefficient (Wildman–Crippen LogP) is 2.37. The first-order valence-electron chi connectivity index (χ1n) is 6.75. The number of thiophene rings is 1. The maximum atomic E-state index is 12.3. The normalized spacial score (nSPS) is 23.6. The number of carbonyl (C=O) groups is 2. The number of hydrogen-bond acceptors (Lipinski definition) is 4. The Bertz CT molecular complexity index is 492. The van der Waals surface area contributed by atoms with Gasteiger partial charge in [0.25, 0.3) is 0 Å². The van der Waals surface area contributed by atoms with Gasteiger partial charge in [0.15, 0.2) is 0 Å². The minimum Gasteiger partial charge on any atom is -0.336 e. The second kappa shape index (κ2) is 6.05. The fraction of sp³-hybridized carbons (Fsp3) is 0.538. The van der Waals surface area contributed by atoms with Crippen LogP contribution in [0.15, 0.2) is 17.5 Å². The van der Waals surface area contributed by atoms with Gasteiger partial charge in [0.05, 0.1) is 0 Å². The van der Waals surface area contributed by atoms with E-state index in [1.807, 2.05) is 16.7 Å². The summed E-state index contributed by atoms with van der Waals surface area (Å²) < 4.78 is 0. The van der Waals surface area contributed by atoms with E-state index in [9.17, 15) is 9.59 Å². The molecule has 0 aliphatic carbocycles. The number of nitrogens with zero attached hydrogens (tertiary/aromatic N) is 2. The van der Waals surface area contributed by atoms with Crippen LogP contribution in [0.4, 0.5) is 9.59 Å². The summed E-state index contributed by atoms with van der Waals surface area (Å²) in [6.45, 7) is 2.48. The summed E-state index contributed by atoms with van der Waals surface area (Å²) in [5, 5.41) is 5.24. The van der Waals surface area contributed by atoms with Crippen LogP contribution in [0.25, 0.3) is 0 Å². The molecule has 0 unspecified atom stereocenters. The number of rotatable bonds is 1.